The van der Waals surface area contributed by atoms with E-state index >= 15 is 0 Å². The molecular weight excluding hydrogens is 559 g/mol. The molecule has 0 aliphatic rings. The standard InChI is InChI=1S/C26H27FN6O7S/c1-15(2)12-26(25(28)36,23(34)17-9-18(32(37)38)11-19(10-17)33(39)40)30-13-22-31-21(14-41-22)24(35)29-8-7-16-5-3-4-6-20(16)27/h3-6,9-11,14-15,30H,7-8,12-13H2,1-2H3,(H2,28,36)(H,29,35)/t26-/m1/s1. The number of non-ortho nitro benzene ring substituents is 2. The Morgan fingerprint density at radius 3 is 2.29 bits per heavy atom. The smallest absolute Gasteiger partial charge is 0.277 e. The van der Waals surface area contributed by atoms with Crippen LogP contribution in [0.1, 0.15) is 51.7 Å². The van der Waals surface area contributed by atoms with Crippen LogP contribution in [0, 0.1) is 32.0 Å². The molecule has 0 radical (unpaired) electrons. The van der Waals surface area contributed by atoms with E-state index < -0.39 is 49.9 Å². The van der Waals surface area contributed by atoms with Crippen LogP contribution in [0.4, 0.5) is 15.8 Å². The van der Waals surface area contributed by atoms with Crippen LogP contribution in [0.25, 0.3) is 0 Å². The van der Waals surface area contributed by atoms with Crippen molar-refractivity contribution >= 4 is 40.3 Å². The molecule has 1 atom stereocenters. The largest absolute Gasteiger partial charge is 0.368 e. The highest BCUT2D eigenvalue weighted by Gasteiger charge is 2.45. The first kappa shape index (κ1) is 30.9. The van der Waals surface area contributed by atoms with E-state index in [1.165, 1.54) is 11.4 Å². The maximum absolute atomic E-state index is 13.8. The van der Waals surface area contributed by atoms with E-state index in [1.54, 1.807) is 32.0 Å². The first-order chi connectivity index (χ1) is 19.3. The summed E-state index contributed by atoms with van der Waals surface area (Å²) in [6, 6.07) is 8.60. The maximum atomic E-state index is 13.8. The van der Waals surface area contributed by atoms with Crippen molar-refractivity contribution in [3.8, 4) is 0 Å². The summed E-state index contributed by atoms with van der Waals surface area (Å²) in [6.07, 6.45) is 0.137. The third-order valence-corrected chi connectivity index (χ3v) is 6.92. The van der Waals surface area contributed by atoms with Crippen molar-refractivity contribution in [1.29, 1.82) is 0 Å². The molecule has 0 spiro atoms. The average molecular weight is 587 g/mol. The summed E-state index contributed by atoms with van der Waals surface area (Å²) in [7, 11) is 0. The molecule has 13 nitrogen and oxygen atoms in total. The average Bonchev–Trinajstić information content (AvgIpc) is 3.40. The lowest BCUT2D eigenvalue weighted by Crippen LogP contribution is -2.61. The minimum atomic E-state index is -2.09. The second-order valence-corrected chi connectivity index (χ2v) is 10.5. The fraction of sp³-hybridized carbons (Fsp3) is 0.308. The third-order valence-electron chi connectivity index (χ3n) is 6.07. The summed E-state index contributed by atoms with van der Waals surface area (Å²) in [6.45, 7) is 3.41. The number of primary amides is 1. The van der Waals surface area contributed by atoms with E-state index in [0.29, 0.717) is 16.6 Å². The Bertz CT molecular complexity index is 1460. The van der Waals surface area contributed by atoms with Crippen LogP contribution >= 0.6 is 11.3 Å². The summed E-state index contributed by atoms with van der Waals surface area (Å²) in [5.41, 5.74) is 2.27. The molecule has 1 heterocycles. The van der Waals surface area contributed by atoms with Crippen molar-refractivity contribution in [3.63, 3.8) is 0 Å². The number of nitro groups is 2. The van der Waals surface area contributed by atoms with Gasteiger partial charge in [0.25, 0.3) is 17.3 Å². The fourth-order valence-electron chi connectivity index (χ4n) is 4.17. The van der Waals surface area contributed by atoms with Gasteiger partial charge in [-0.05, 0) is 30.4 Å². The molecule has 0 aliphatic carbocycles. The molecule has 0 fully saturated rings. The topological polar surface area (TPSA) is 200 Å². The Hall–Kier alpha value is -4.63. The molecule has 3 rings (SSSR count). The number of rotatable bonds is 14. The highest BCUT2D eigenvalue weighted by atomic mass is 32.1. The van der Waals surface area contributed by atoms with Gasteiger partial charge in [-0.1, -0.05) is 32.0 Å². The third kappa shape index (κ3) is 7.52. The number of nitrogens with one attached hydrogen (secondary N) is 2. The predicted molar refractivity (Wildman–Crippen MR) is 147 cm³/mol. The van der Waals surface area contributed by atoms with Gasteiger partial charge in [-0.15, -0.1) is 11.3 Å². The number of aromatic nitrogens is 1. The highest BCUT2D eigenvalue weighted by Crippen LogP contribution is 2.29. The number of amides is 2. The van der Waals surface area contributed by atoms with Crippen molar-refractivity contribution in [3.05, 3.63) is 95.7 Å². The number of ketones is 1. The minimum absolute atomic E-state index is 0.0644. The number of carbonyl (C=O) groups is 3. The van der Waals surface area contributed by atoms with Gasteiger partial charge in [-0.2, -0.15) is 0 Å². The number of Topliss-reactive ketones (excluding diaryl/α,β-unsaturated/α-hetero) is 1. The van der Waals surface area contributed by atoms with Gasteiger partial charge in [0, 0.05) is 36.2 Å². The van der Waals surface area contributed by atoms with Gasteiger partial charge in [0.1, 0.15) is 16.5 Å². The Balaban J connectivity index is 1.81. The van der Waals surface area contributed by atoms with Gasteiger partial charge in [0.2, 0.25) is 5.91 Å². The lowest BCUT2D eigenvalue weighted by atomic mass is 9.81. The Morgan fingerprint density at radius 2 is 1.73 bits per heavy atom. The fourth-order valence-corrected chi connectivity index (χ4v) is 4.88. The number of benzene rings is 2. The van der Waals surface area contributed by atoms with Crippen molar-refractivity contribution in [1.82, 2.24) is 15.6 Å². The first-order valence-corrected chi connectivity index (χ1v) is 13.2. The molecule has 0 bridgehead atoms. The second kappa shape index (κ2) is 13.1. The zero-order valence-corrected chi connectivity index (χ0v) is 22.9. The molecule has 0 aliphatic heterocycles. The predicted octanol–water partition coefficient (Wildman–Crippen LogP) is 3.31. The van der Waals surface area contributed by atoms with Gasteiger partial charge >= 0.3 is 0 Å². The molecule has 1 aromatic heterocycles. The lowest BCUT2D eigenvalue weighted by Gasteiger charge is -2.31. The molecule has 4 N–H and O–H groups in total. The number of carbonyl (C=O) groups excluding carboxylic acids is 3. The van der Waals surface area contributed by atoms with Crippen LogP contribution in [0.3, 0.4) is 0 Å². The molecule has 0 saturated carbocycles. The normalized spacial score (nSPS) is 12.5. The molecule has 41 heavy (non-hydrogen) atoms. The molecule has 0 saturated heterocycles. The molecule has 3 aromatic rings. The van der Waals surface area contributed by atoms with Gasteiger partial charge in [0.15, 0.2) is 11.3 Å². The van der Waals surface area contributed by atoms with Crippen molar-refractivity contribution in [2.24, 2.45) is 11.7 Å². The molecule has 216 valence electrons. The van der Waals surface area contributed by atoms with Crippen molar-refractivity contribution in [2.45, 2.75) is 38.8 Å². The molecular formula is C26H27FN6O7S. The van der Waals surface area contributed by atoms with E-state index in [9.17, 15) is 39.0 Å². The number of thiazole rings is 1. The van der Waals surface area contributed by atoms with E-state index in [1.807, 2.05) is 0 Å². The van der Waals surface area contributed by atoms with Crippen LogP contribution in [0.15, 0.2) is 47.8 Å². The Labute approximate surface area is 237 Å². The monoisotopic (exact) mass is 586 g/mol. The van der Waals surface area contributed by atoms with Crippen LogP contribution < -0.4 is 16.4 Å². The summed E-state index contributed by atoms with van der Waals surface area (Å²) in [5.74, 6) is -3.23. The summed E-state index contributed by atoms with van der Waals surface area (Å²) < 4.78 is 13.8. The molecule has 0 unspecified atom stereocenters. The molecule has 2 amide bonds. The van der Waals surface area contributed by atoms with Gasteiger partial charge in [0.05, 0.1) is 15.9 Å². The number of halogens is 1. The van der Waals surface area contributed by atoms with Crippen LogP contribution in [-0.2, 0) is 17.8 Å². The first-order valence-electron chi connectivity index (χ1n) is 12.3. The van der Waals surface area contributed by atoms with Crippen LogP contribution in [-0.4, -0.2) is 44.5 Å². The van der Waals surface area contributed by atoms with E-state index in [-0.39, 0.29) is 43.4 Å². The summed E-state index contributed by atoms with van der Waals surface area (Å²) in [4.78, 5) is 64.1. The lowest BCUT2D eigenvalue weighted by molar-refractivity contribution is -0.394. The zero-order chi connectivity index (χ0) is 30.3. The summed E-state index contributed by atoms with van der Waals surface area (Å²) in [5, 5.41) is 29.9. The Morgan fingerprint density at radius 1 is 1.10 bits per heavy atom. The van der Waals surface area contributed by atoms with E-state index in [2.05, 4.69) is 15.6 Å². The Kier molecular flexibility index (Phi) is 9.91. The van der Waals surface area contributed by atoms with Crippen LogP contribution in [0.5, 0.6) is 0 Å². The van der Waals surface area contributed by atoms with E-state index in [0.717, 1.165) is 23.5 Å². The molecule has 2 aromatic carbocycles. The number of nitro benzene ring substituents is 2. The highest BCUT2D eigenvalue weighted by molar-refractivity contribution is 7.09. The number of hydrogen-bond donors (Lipinski definition) is 3. The SMILES string of the molecule is CC(C)C[C@](NCc1nc(C(=O)NCCc2ccccc2F)cs1)(C(N)=O)C(=O)c1cc([N+](=O)[O-])cc([N+](=O)[O-])c1. The maximum Gasteiger partial charge on any atom is 0.277 e. The second-order valence-electron chi connectivity index (χ2n) is 9.53. The van der Waals surface area contributed by atoms with Gasteiger partial charge in [-0.25, -0.2) is 9.37 Å². The van der Waals surface area contributed by atoms with Crippen molar-refractivity contribution < 1.29 is 28.6 Å². The van der Waals surface area contributed by atoms with Gasteiger partial charge in [-0.3, -0.25) is 39.9 Å². The number of hydrogen-bond acceptors (Lipinski definition) is 10. The van der Waals surface area contributed by atoms with Crippen molar-refractivity contribution in [2.75, 3.05) is 6.54 Å². The summed E-state index contributed by atoms with van der Waals surface area (Å²) >= 11 is 1.07. The molecule has 15 heteroatoms. The van der Waals surface area contributed by atoms with Gasteiger partial charge < -0.3 is 11.1 Å². The van der Waals surface area contributed by atoms with E-state index in [4.69, 9.17) is 5.73 Å². The minimum Gasteiger partial charge on any atom is -0.368 e. The zero-order valence-electron chi connectivity index (χ0n) is 22.1. The van der Waals surface area contributed by atoms with Crippen LogP contribution in [0.2, 0.25) is 0 Å². The quantitative estimate of drug-likeness (QED) is 0.110. The number of nitrogens with zero attached hydrogens (tertiary/aromatic N) is 3. The number of nitrogens with two attached hydrogens (primary N) is 1.